The fourth-order valence-electron chi connectivity index (χ4n) is 1.46. The lowest BCUT2D eigenvalue weighted by Gasteiger charge is -2.00. The molecule has 0 unspecified atom stereocenters. The van der Waals surface area contributed by atoms with E-state index >= 15 is 0 Å². The quantitative estimate of drug-likeness (QED) is 0.601. The molecule has 0 amide bonds. The maximum Gasteiger partial charge on any atom is 0.270 e. The Morgan fingerprint density at radius 2 is 2.18 bits per heavy atom. The molecular weight excluding hydrogens is 224 g/mol. The molecule has 0 aliphatic carbocycles. The van der Waals surface area contributed by atoms with Gasteiger partial charge in [0.25, 0.3) is 5.69 Å². The average Bonchev–Trinajstić information content (AvgIpc) is 2.59. The van der Waals surface area contributed by atoms with Gasteiger partial charge in [-0.05, 0) is 6.07 Å². The van der Waals surface area contributed by atoms with Crippen LogP contribution in [0.2, 0.25) is 0 Å². The molecule has 7 heteroatoms. The number of rotatable bonds is 2. The van der Waals surface area contributed by atoms with Crippen molar-refractivity contribution >= 4 is 11.5 Å². The van der Waals surface area contributed by atoms with Gasteiger partial charge in [0.1, 0.15) is 11.6 Å². The van der Waals surface area contributed by atoms with Crippen molar-refractivity contribution in [3.8, 4) is 17.0 Å². The molecule has 2 rings (SSSR count). The summed E-state index contributed by atoms with van der Waals surface area (Å²) in [6, 6.07) is 5.29. The van der Waals surface area contributed by atoms with Crippen molar-refractivity contribution in [1.82, 2.24) is 9.78 Å². The first-order valence-electron chi connectivity index (χ1n) is 4.76. The number of aromatic hydroxyl groups is 1. The van der Waals surface area contributed by atoms with E-state index in [-0.39, 0.29) is 17.0 Å². The Hall–Kier alpha value is -2.57. The van der Waals surface area contributed by atoms with Gasteiger partial charge in [0.05, 0.1) is 16.2 Å². The van der Waals surface area contributed by atoms with Crippen molar-refractivity contribution in [3.63, 3.8) is 0 Å². The molecule has 1 aromatic carbocycles. The predicted octanol–water partition coefficient (Wildman–Crippen LogP) is 1.28. The van der Waals surface area contributed by atoms with Gasteiger partial charge >= 0.3 is 0 Å². The summed E-state index contributed by atoms with van der Waals surface area (Å²) >= 11 is 0. The molecule has 0 atom stereocenters. The van der Waals surface area contributed by atoms with Crippen LogP contribution in [0.4, 0.5) is 11.5 Å². The van der Waals surface area contributed by atoms with Crippen LogP contribution in [0.3, 0.4) is 0 Å². The third-order valence-electron chi connectivity index (χ3n) is 2.38. The van der Waals surface area contributed by atoms with Gasteiger partial charge in [0.15, 0.2) is 0 Å². The van der Waals surface area contributed by atoms with Crippen LogP contribution in [0.25, 0.3) is 11.3 Å². The minimum absolute atomic E-state index is 0.0753. The number of nitrogen functional groups attached to an aromatic ring is 1. The maximum atomic E-state index is 10.6. The summed E-state index contributed by atoms with van der Waals surface area (Å²) in [6.45, 7) is 0. The molecule has 0 saturated carbocycles. The van der Waals surface area contributed by atoms with Gasteiger partial charge in [-0.15, -0.1) is 0 Å². The van der Waals surface area contributed by atoms with E-state index in [1.807, 2.05) is 0 Å². The van der Waals surface area contributed by atoms with E-state index in [2.05, 4.69) is 5.10 Å². The Balaban J connectivity index is 2.57. The van der Waals surface area contributed by atoms with Crippen LogP contribution in [-0.4, -0.2) is 19.8 Å². The molecule has 0 fully saturated rings. The largest absolute Gasteiger partial charge is 0.507 e. The minimum Gasteiger partial charge on any atom is -0.507 e. The summed E-state index contributed by atoms with van der Waals surface area (Å²) < 4.78 is 1.42. The topological polar surface area (TPSA) is 107 Å². The average molecular weight is 234 g/mol. The second-order valence-corrected chi connectivity index (χ2v) is 3.54. The Morgan fingerprint density at radius 3 is 2.71 bits per heavy atom. The van der Waals surface area contributed by atoms with Crippen molar-refractivity contribution in [1.29, 1.82) is 0 Å². The highest BCUT2D eigenvalue weighted by molar-refractivity contribution is 5.71. The summed E-state index contributed by atoms with van der Waals surface area (Å²) in [5.41, 5.74) is 6.18. The minimum atomic E-state index is -0.533. The van der Waals surface area contributed by atoms with Crippen LogP contribution < -0.4 is 5.73 Å². The fraction of sp³-hybridized carbons (Fsp3) is 0.100. The second kappa shape index (κ2) is 3.78. The number of phenols is 1. The summed E-state index contributed by atoms with van der Waals surface area (Å²) in [4.78, 5) is 10.1. The highest BCUT2D eigenvalue weighted by Gasteiger charge is 2.14. The summed E-state index contributed by atoms with van der Waals surface area (Å²) in [7, 11) is 1.65. The number of nitrogens with two attached hydrogens (primary N) is 1. The number of nitrogens with zero attached hydrogens (tertiary/aromatic N) is 3. The van der Waals surface area contributed by atoms with Gasteiger partial charge in [-0.25, -0.2) is 0 Å². The molecule has 1 heterocycles. The Bertz CT molecular complexity index is 572. The van der Waals surface area contributed by atoms with Crippen LogP contribution in [0.1, 0.15) is 0 Å². The van der Waals surface area contributed by atoms with Gasteiger partial charge in [0, 0.05) is 25.2 Å². The SMILES string of the molecule is Cn1nc(-c2cc([N+](=O)[O-])ccc2O)cc1N. The van der Waals surface area contributed by atoms with Crippen LogP contribution in [0, 0.1) is 10.1 Å². The first kappa shape index (κ1) is 10.9. The van der Waals surface area contributed by atoms with Gasteiger partial charge in [-0.3, -0.25) is 14.8 Å². The number of hydrogen-bond donors (Lipinski definition) is 2. The van der Waals surface area contributed by atoms with E-state index in [0.29, 0.717) is 11.5 Å². The zero-order valence-corrected chi connectivity index (χ0v) is 8.99. The van der Waals surface area contributed by atoms with Crippen LogP contribution in [-0.2, 0) is 7.05 Å². The third kappa shape index (κ3) is 1.89. The van der Waals surface area contributed by atoms with E-state index in [1.54, 1.807) is 13.1 Å². The van der Waals surface area contributed by atoms with Crippen LogP contribution in [0.15, 0.2) is 24.3 Å². The summed E-state index contributed by atoms with van der Waals surface area (Å²) in [6.07, 6.45) is 0. The molecule has 0 radical (unpaired) electrons. The number of aryl methyl sites for hydroxylation is 1. The molecule has 0 saturated heterocycles. The number of hydrogen-bond acceptors (Lipinski definition) is 5. The molecule has 0 aliphatic rings. The Morgan fingerprint density at radius 1 is 1.47 bits per heavy atom. The zero-order chi connectivity index (χ0) is 12.6. The summed E-state index contributed by atoms with van der Waals surface area (Å²) in [5, 5.41) is 24.3. The van der Waals surface area contributed by atoms with Gasteiger partial charge in [-0.1, -0.05) is 0 Å². The van der Waals surface area contributed by atoms with Crippen molar-refractivity contribution < 1.29 is 10.0 Å². The number of phenolic OH excluding ortho intramolecular Hbond substituents is 1. The third-order valence-corrected chi connectivity index (χ3v) is 2.38. The smallest absolute Gasteiger partial charge is 0.270 e. The van der Waals surface area contributed by atoms with Crippen molar-refractivity contribution in [2.45, 2.75) is 0 Å². The molecule has 2 aromatic rings. The molecule has 3 N–H and O–H groups in total. The lowest BCUT2D eigenvalue weighted by Crippen LogP contribution is -1.96. The van der Waals surface area contributed by atoms with Crippen molar-refractivity contribution in [3.05, 3.63) is 34.4 Å². The lowest BCUT2D eigenvalue weighted by atomic mass is 10.1. The zero-order valence-electron chi connectivity index (χ0n) is 8.99. The van der Waals surface area contributed by atoms with Crippen LogP contribution in [0.5, 0.6) is 5.75 Å². The lowest BCUT2D eigenvalue weighted by molar-refractivity contribution is -0.384. The standard InChI is InChI=1S/C10H10N4O3/c1-13-10(11)5-8(12-13)7-4-6(14(16)17)2-3-9(7)15/h2-5,15H,11H2,1H3. The summed E-state index contributed by atoms with van der Waals surface area (Å²) in [5.74, 6) is 0.333. The monoisotopic (exact) mass is 234 g/mol. The number of anilines is 1. The number of non-ortho nitro benzene ring substituents is 1. The molecule has 0 spiro atoms. The van der Waals surface area contributed by atoms with Crippen molar-refractivity contribution in [2.75, 3.05) is 5.73 Å². The van der Waals surface area contributed by atoms with E-state index in [0.717, 1.165) is 0 Å². The van der Waals surface area contributed by atoms with Gasteiger partial charge < -0.3 is 10.8 Å². The number of aromatic nitrogens is 2. The molecule has 0 bridgehead atoms. The number of nitro benzene ring substituents is 1. The van der Waals surface area contributed by atoms with Gasteiger partial charge in [0.2, 0.25) is 0 Å². The highest BCUT2D eigenvalue weighted by atomic mass is 16.6. The first-order valence-corrected chi connectivity index (χ1v) is 4.76. The predicted molar refractivity (Wildman–Crippen MR) is 61.4 cm³/mol. The highest BCUT2D eigenvalue weighted by Crippen LogP contribution is 2.32. The maximum absolute atomic E-state index is 10.6. The number of benzene rings is 1. The van der Waals surface area contributed by atoms with Gasteiger partial charge in [-0.2, -0.15) is 5.10 Å². The molecular formula is C10H10N4O3. The van der Waals surface area contributed by atoms with E-state index in [9.17, 15) is 15.2 Å². The molecule has 7 nitrogen and oxygen atoms in total. The normalized spacial score (nSPS) is 10.4. The second-order valence-electron chi connectivity index (χ2n) is 3.54. The molecule has 0 aliphatic heterocycles. The molecule has 1 aromatic heterocycles. The van der Waals surface area contributed by atoms with E-state index in [1.165, 1.54) is 22.9 Å². The Kier molecular flexibility index (Phi) is 2.43. The van der Waals surface area contributed by atoms with Crippen molar-refractivity contribution in [2.24, 2.45) is 7.05 Å². The Labute approximate surface area is 96.2 Å². The first-order chi connectivity index (χ1) is 7.99. The molecule has 88 valence electrons. The van der Waals surface area contributed by atoms with E-state index < -0.39 is 4.92 Å². The fourth-order valence-corrected chi connectivity index (χ4v) is 1.46. The number of nitro groups is 1. The van der Waals surface area contributed by atoms with E-state index in [4.69, 9.17) is 5.73 Å². The van der Waals surface area contributed by atoms with Crippen LogP contribution >= 0.6 is 0 Å². The molecule has 17 heavy (non-hydrogen) atoms.